The van der Waals surface area contributed by atoms with E-state index in [2.05, 4.69) is 5.32 Å². The molecule has 0 aromatic heterocycles. The third-order valence-electron chi connectivity index (χ3n) is 3.43. The lowest BCUT2D eigenvalue weighted by atomic mass is 10.1. The highest BCUT2D eigenvalue weighted by Gasteiger charge is 2.05. The molecule has 2 aromatic rings. The highest BCUT2D eigenvalue weighted by Crippen LogP contribution is 2.17. The summed E-state index contributed by atoms with van der Waals surface area (Å²) in [6.45, 7) is 0.593. The van der Waals surface area contributed by atoms with Crippen LogP contribution in [0, 0.1) is 0 Å². The summed E-state index contributed by atoms with van der Waals surface area (Å²) < 4.78 is 10.4. The Hall–Kier alpha value is -2.49. The standard InChI is InChI=1S/C18H21NO3/c1-21-16-9-7-14(8-10-16)13-18(20)19-12-11-15-5-3-4-6-17(15)22-2/h3-10H,11-13H2,1-2H3,(H,19,20). The van der Waals surface area contributed by atoms with E-state index < -0.39 is 0 Å². The van der Waals surface area contributed by atoms with Crippen molar-refractivity contribution in [2.45, 2.75) is 12.8 Å². The van der Waals surface area contributed by atoms with Gasteiger partial charge in [-0.2, -0.15) is 0 Å². The fourth-order valence-electron chi connectivity index (χ4n) is 2.24. The number of hydrogen-bond donors (Lipinski definition) is 1. The van der Waals surface area contributed by atoms with E-state index in [0.717, 1.165) is 29.0 Å². The Labute approximate surface area is 131 Å². The number of ether oxygens (including phenoxy) is 2. The summed E-state index contributed by atoms with van der Waals surface area (Å²) in [6.07, 6.45) is 1.12. The lowest BCUT2D eigenvalue weighted by Crippen LogP contribution is -2.27. The molecule has 0 aliphatic heterocycles. The molecule has 0 spiro atoms. The minimum atomic E-state index is 0.0139. The number of methoxy groups -OCH3 is 2. The summed E-state index contributed by atoms with van der Waals surface area (Å²) in [5.41, 5.74) is 2.06. The van der Waals surface area contributed by atoms with Gasteiger partial charge in [-0.1, -0.05) is 30.3 Å². The third-order valence-corrected chi connectivity index (χ3v) is 3.43. The van der Waals surface area contributed by atoms with Gasteiger partial charge in [-0.3, -0.25) is 4.79 Å². The second-order valence-corrected chi connectivity index (χ2v) is 4.94. The van der Waals surface area contributed by atoms with Crippen LogP contribution in [0.4, 0.5) is 0 Å². The first kappa shape index (κ1) is 15.9. The van der Waals surface area contributed by atoms with Crippen LogP contribution in [-0.2, 0) is 17.6 Å². The van der Waals surface area contributed by atoms with E-state index in [0.29, 0.717) is 13.0 Å². The van der Waals surface area contributed by atoms with Crippen molar-refractivity contribution < 1.29 is 14.3 Å². The molecule has 0 aliphatic rings. The Balaban J connectivity index is 1.80. The van der Waals surface area contributed by atoms with Crippen LogP contribution in [0.5, 0.6) is 11.5 Å². The van der Waals surface area contributed by atoms with Crippen molar-refractivity contribution in [3.8, 4) is 11.5 Å². The summed E-state index contributed by atoms with van der Waals surface area (Å²) in [4.78, 5) is 11.9. The molecule has 1 N–H and O–H groups in total. The first-order valence-corrected chi connectivity index (χ1v) is 7.24. The molecule has 116 valence electrons. The molecule has 1 amide bonds. The van der Waals surface area contributed by atoms with Crippen LogP contribution >= 0.6 is 0 Å². The van der Waals surface area contributed by atoms with Gasteiger partial charge in [0.15, 0.2) is 0 Å². The van der Waals surface area contributed by atoms with Crippen molar-refractivity contribution in [3.63, 3.8) is 0 Å². The molecular formula is C18H21NO3. The van der Waals surface area contributed by atoms with Crippen LogP contribution in [0.2, 0.25) is 0 Å². The van der Waals surface area contributed by atoms with E-state index in [4.69, 9.17) is 9.47 Å². The molecule has 2 rings (SSSR count). The fraction of sp³-hybridized carbons (Fsp3) is 0.278. The van der Waals surface area contributed by atoms with Crippen LogP contribution in [0.1, 0.15) is 11.1 Å². The van der Waals surface area contributed by atoms with Gasteiger partial charge in [-0.05, 0) is 35.7 Å². The summed E-state index contributed by atoms with van der Waals surface area (Å²) in [5, 5.41) is 2.93. The second kappa shape index (κ2) is 8.08. The molecule has 0 saturated carbocycles. The molecule has 0 saturated heterocycles. The monoisotopic (exact) mass is 299 g/mol. The van der Waals surface area contributed by atoms with E-state index >= 15 is 0 Å². The number of para-hydroxylation sites is 1. The van der Waals surface area contributed by atoms with E-state index in [9.17, 15) is 4.79 Å². The highest BCUT2D eigenvalue weighted by molar-refractivity contribution is 5.78. The van der Waals surface area contributed by atoms with Gasteiger partial charge in [0.2, 0.25) is 5.91 Å². The van der Waals surface area contributed by atoms with Crippen molar-refractivity contribution in [2.75, 3.05) is 20.8 Å². The van der Waals surface area contributed by atoms with Crippen molar-refractivity contribution in [1.29, 1.82) is 0 Å². The van der Waals surface area contributed by atoms with Crippen LogP contribution < -0.4 is 14.8 Å². The molecule has 22 heavy (non-hydrogen) atoms. The predicted molar refractivity (Wildman–Crippen MR) is 86.4 cm³/mol. The number of nitrogens with one attached hydrogen (secondary N) is 1. The van der Waals surface area contributed by atoms with E-state index in [-0.39, 0.29) is 5.91 Å². The van der Waals surface area contributed by atoms with Gasteiger partial charge in [0.25, 0.3) is 0 Å². The zero-order valence-corrected chi connectivity index (χ0v) is 13.0. The first-order chi connectivity index (χ1) is 10.7. The van der Waals surface area contributed by atoms with Gasteiger partial charge in [-0.25, -0.2) is 0 Å². The normalized spacial score (nSPS) is 10.1. The largest absolute Gasteiger partial charge is 0.497 e. The van der Waals surface area contributed by atoms with Crippen molar-refractivity contribution in [3.05, 3.63) is 59.7 Å². The quantitative estimate of drug-likeness (QED) is 0.855. The predicted octanol–water partition coefficient (Wildman–Crippen LogP) is 2.61. The Morgan fingerprint density at radius 3 is 2.41 bits per heavy atom. The topological polar surface area (TPSA) is 47.6 Å². The molecule has 0 heterocycles. The molecule has 0 aliphatic carbocycles. The van der Waals surface area contributed by atoms with Crippen molar-refractivity contribution in [2.24, 2.45) is 0 Å². The molecule has 0 radical (unpaired) electrons. The zero-order chi connectivity index (χ0) is 15.8. The molecular weight excluding hydrogens is 278 g/mol. The fourth-order valence-corrected chi connectivity index (χ4v) is 2.24. The summed E-state index contributed by atoms with van der Waals surface area (Å²) >= 11 is 0. The number of carbonyl (C=O) groups excluding carboxylic acids is 1. The molecule has 0 unspecified atom stereocenters. The van der Waals surface area contributed by atoms with E-state index in [1.807, 2.05) is 48.5 Å². The molecule has 0 bridgehead atoms. The van der Waals surface area contributed by atoms with Gasteiger partial charge >= 0.3 is 0 Å². The highest BCUT2D eigenvalue weighted by atomic mass is 16.5. The SMILES string of the molecule is COc1ccc(CC(=O)NCCc2ccccc2OC)cc1. The Kier molecular flexibility index (Phi) is 5.83. The minimum absolute atomic E-state index is 0.0139. The third kappa shape index (κ3) is 4.52. The van der Waals surface area contributed by atoms with Crippen molar-refractivity contribution >= 4 is 5.91 Å². The number of benzene rings is 2. The molecule has 4 heteroatoms. The second-order valence-electron chi connectivity index (χ2n) is 4.94. The minimum Gasteiger partial charge on any atom is -0.497 e. The van der Waals surface area contributed by atoms with E-state index in [1.165, 1.54) is 0 Å². The zero-order valence-electron chi connectivity index (χ0n) is 13.0. The maximum Gasteiger partial charge on any atom is 0.224 e. The van der Waals surface area contributed by atoms with Crippen LogP contribution in [-0.4, -0.2) is 26.7 Å². The van der Waals surface area contributed by atoms with Gasteiger partial charge in [-0.15, -0.1) is 0 Å². The lowest BCUT2D eigenvalue weighted by molar-refractivity contribution is -0.120. The Bertz CT molecular complexity index is 608. The Morgan fingerprint density at radius 2 is 1.73 bits per heavy atom. The maximum absolute atomic E-state index is 11.9. The van der Waals surface area contributed by atoms with Gasteiger partial charge in [0.05, 0.1) is 20.6 Å². The molecule has 2 aromatic carbocycles. The average molecular weight is 299 g/mol. The van der Waals surface area contributed by atoms with Crippen LogP contribution in [0.15, 0.2) is 48.5 Å². The van der Waals surface area contributed by atoms with Gasteiger partial charge in [0.1, 0.15) is 11.5 Å². The van der Waals surface area contributed by atoms with Gasteiger partial charge in [0, 0.05) is 6.54 Å². The van der Waals surface area contributed by atoms with Crippen LogP contribution in [0.25, 0.3) is 0 Å². The van der Waals surface area contributed by atoms with Crippen molar-refractivity contribution in [1.82, 2.24) is 5.32 Å². The summed E-state index contributed by atoms with van der Waals surface area (Å²) in [6, 6.07) is 15.4. The number of amides is 1. The van der Waals surface area contributed by atoms with Gasteiger partial charge < -0.3 is 14.8 Å². The molecule has 0 fully saturated rings. The average Bonchev–Trinajstić information content (AvgIpc) is 2.56. The summed E-state index contributed by atoms with van der Waals surface area (Å²) in [7, 11) is 3.28. The maximum atomic E-state index is 11.9. The number of rotatable bonds is 7. The van der Waals surface area contributed by atoms with E-state index in [1.54, 1.807) is 14.2 Å². The lowest BCUT2D eigenvalue weighted by Gasteiger charge is -2.09. The summed E-state index contributed by atoms with van der Waals surface area (Å²) in [5.74, 6) is 1.66. The smallest absolute Gasteiger partial charge is 0.224 e. The van der Waals surface area contributed by atoms with Crippen LogP contribution in [0.3, 0.4) is 0 Å². The first-order valence-electron chi connectivity index (χ1n) is 7.24. The Morgan fingerprint density at radius 1 is 1.00 bits per heavy atom. The molecule has 0 atom stereocenters. The number of carbonyl (C=O) groups is 1. The molecule has 4 nitrogen and oxygen atoms in total. The number of hydrogen-bond acceptors (Lipinski definition) is 3.